The van der Waals surface area contributed by atoms with Gasteiger partial charge in [-0.3, -0.25) is 9.59 Å². The molecule has 0 saturated carbocycles. The average molecular weight is 305 g/mol. The number of benzene rings is 1. The highest BCUT2D eigenvalue weighted by Gasteiger charge is 2.33. The molecule has 2 unspecified atom stereocenters. The van der Waals surface area contributed by atoms with Crippen molar-refractivity contribution in [1.29, 1.82) is 0 Å². The molecule has 1 aliphatic heterocycles. The Morgan fingerprint density at radius 3 is 2.91 bits per heavy atom. The summed E-state index contributed by atoms with van der Waals surface area (Å²) in [4.78, 5) is 32.2. The molecule has 3 rings (SSSR count). The van der Waals surface area contributed by atoms with Crippen LogP contribution in [0.4, 0.5) is 4.39 Å². The van der Waals surface area contributed by atoms with E-state index in [-0.39, 0.29) is 17.4 Å². The van der Waals surface area contributed by atoms with Crippen LogP contribution in [0.15, 0.2) is 18.5 Å². The number of carboxylic acid groups (broad SMARTS) is 1. The van der Waals surface area contributed by atoms with E-state index in [1.807, 2.05) is 6.92 Å². The number of piperidine rings is 1. The Morgan fingerprint density at radius 2 is 2.23 bits per heavy atom. The maximum atomic E-state index is 13.7. The van der Waals surface area contributed by atoms with Crippen molar-refractivity contribution in [2.45, 2.75) is 13.3 Å². The van der Waals surface area contributed by atoms with E-state index < -0.39 is 17.7 Å². The zero-order chi connectivity index (χ0) is 15.9. The van der Waals surface area contributed by atoms with Gasteiger partial charge in [0.25, 0.3) is 5.91 Å². The number of rotatable bonds is 2. The van der Waals surface area contributed by atoms with Crippen molar-refractivity contribution in [2.24, 2.45) is 11.8 Å². The van der Waals surface area contributed by atoms with Crippen molar-refractivity contribution in [3.05, 3.63) is 29.8 Å². The van der Waals surface area contributed by atoms with Gasteiger partial charge in [-0.15, -0.1) is 0 Å². The second-order valence-corrected chi connectivity index (χ2v) is 5.71. The summed E-state index contributed by atoms with van der Waals surface area (Å²) >= 11 is 0. The molecule has 1 fully saturated rings. The number of carbonyl (C=O) groups excluding carboxylic acids is 1. The number of aromatic nitrogens is 2. The van der Waals surface area contributed by atoms with E-state index in [0.717, 1.165) is 0 Å². The minimum Gasteiger partial charge on any atom is -0.481 e. The van der Waals surface area contributed by atoms with Gasteiger partial charge in [0.1, 0.15) is 11.3 Å². The second kappa shape index (κ2) is 5.40. The first-order chi connectivity index (χ1) is 10.5. The number of nitrogens with zero attached hydrogens (tertiary/aromatic N) is 2. The topological polar surface area (TPSA) is 86.3 Å². The lowest BCUT2D eigenvalue weighted by Crippen LogP contribution is -2.45. The van der Waals surface area contributed by atoms with Crippen molar-refractivity contribution in [1.82, 2.24) is 14.9 Å². The summed E-state index contributed by atoms with van der Waals surface area (Å²) in [5.74, 6) is -2.23. The highest BCUT2D eigenvalue weighted by atomic mass is 19.1. The van der Waals surface area contributed by atoms with Crippen molar-refractivity contribution in [2.75, 3.05) is 13.1 Å². The Morgan fingerprint density at radius 1 is 1.45 bits per heavy atom. The van der Waals surface area contributed by atoms with E-state index in [9.17, 15) is 14.0 Å². The Bertz CT molecular complexity index is 743. The SMILES string of the molecule is CC1CN(C(=O)c2cc(F)cc3[nH]cnc23)CCC1C(=O)O. The van der Waals surface area contributed by atoms with Gasteiger partial charge in [0.2, 0.25) is 0 Å². The van der Waals surface area contributed by atoms with Crippen LogP contribution >= 0.6 is 0 Å². The van der Waals surface area contributed by atoms with Gasteiger partial charge in [0, 0.05) is 13.1 Å². The summed E-state index contributed by atoms with van der Waals surface area (Å²) in [6.07, 6.45) is 1.82. The highest BCUT2D eigenvalue weighted by molar-refractivity contribution is 6.04. The minimum absolute atomic E-state index is 0.140. The molecule has 0 aliphatic carbocycles. The minimum atomic E-state index is -0.833. The normalized spacial score (nSPS) is 22.0. The first-order valence-electron chi connectivity index (χ1n) is 7.12. The third-order valence-corrected chi connectivity index (χ3v) is 4.23. The summed E-state index contributed by atoms with van der Waals surface area (Å²) in [5, 5.41) is 9.13. The number of carboxylic acids is 1. The van der Waals surface area contributed by atoms with Gasteiger partial charge in [-0.1, -0.05) is 6.92 Å². The number of imidazole rings is 1. The fraction of sp³-hybridized carbons (Fsp3) is 0.400. The maximum absolute atomic E-state index is 13.7. The Hall–Kier alpha value is -2.44. The lowest BCUT2D eigenvalue weighted by atomic mass is 9.87. The van der Waals surface area contributed by atoms with E-state index in [0.29, 0.717) is 30.5 Å². The number of aromatic amines is 1. The lowest BCUT2D eigenvalue weighted by Gasteiger charge is -2.35. The van der Waals surface area contributed by atoms with E-state index >= 15 is 0 Å². The quantitative estimate of drug-likeness (QED) is 0.887. The van der Waals surface area contributed by atoms with Crippen molar-refractivity contribution >= 4 is 22.9 Å². The third-order valence-electron chi connectivity index (χ3n) is 4.23. The van der Waals surface area contributed by atoms with Crippen LogP contribution in [0.5, 0.6) is 0 Å². The van der Waals surface area contributed by atoms with Crippen LogP contribution in [0.3, 0.4) is 0 Å². The van der Waals surface area contributed by atoms with Crippen LogP contribution in [0.1, 0.15) is 23.7 Å². The largest absolute Gasteiger partial charge is 0.481 e. The fourth-order valence-corrected chi connectivity index (χ4v) is 3.05. The summed E-state index contributed by atoms with van der Waals surface area (Å²) in [7, 11) is 0. The van der Waals surface area contributed by atoms with Crippen LogP contribution in [0, 0.1) is 17.7 Å². The molecule has 6 nitrogen and oxygen atoms in total. The van der Waals surface area contributed by atoms with Crippen molar-refractivity contribution in [3.8, 4) is 0 Å². The van der Waals surface area contributed by atoms with Crippen LogP contribution in [0.25, 0.3) is 11.0 Å². The van der Waals surface area contributed by atoms with Crippen LogP contribution in [0.2, 0.25) is 0 Å². The predicted octanol–water partition coefficient (Wildman–Crippen LogP) is 1.88. The molecule has 1 saturated heterocycles. The number of amides is 1. The van der Waals surface area contributed by atoms with Gasteiger partial charge < -0.3 is 15.0 Å². The molecule has 2 atom stereocenters. The highest BCUT2D eigenvalue weighted by Crippen LogP contribution is 2.26. The number of H-pyrrole nitrogens is 1. The lowest BCUT2D eigenvalue weighted by molar-refractivity contribution is -0.145. The fourth-order valence-electron chi connectivity index (χ4n) is 3.05. The van der Waals surface area contributed by atoms with Gasteiger partial charge >= 0.3 is 5.97 Å². The van der Waals surface area contributed by atoms with Crippen LogP contribution in [-0.4, -0.2) is 44.9 Å². The molecular weight excluding hydrogens is 289 g/mol. The number of fused-ring (bicyclic) bond motifs is 1. The Balaban J connectivity index is 1.88. The second-order valence-electron chi connectivity index (χ2n) is 5.71. The maximum Gasteiger partial charge on any atom is 0.306 e. The Labute approximate surface area is 125 Å². The molecule has 1 amide bonds. The molecule has 1 aromatic heterocycles. The molecule has 0 spiro atoms. The first kappa shape index (κ1) is 14.5. The monoisotopic (exact) mass is 305 g/mol. The molecule has 116 valence electrons. The number of halogens is 1. The molecule has 0 radical (unpaired) electrons. The molecule has 2 N–H and O–H groups in total. The molecule has 0 bridgehead atoms. The van der Waals surface area contributed by atoms with E-state index in [4.69, 9.17) is 5.11 Å². The molecule has 7 heteroatoms. The van der Waals surface area contributed by atoms with Gasteiger partial charge in [0.15, 0.2) is 0 Å². The molecular formula is C15H16FN3O3. The predicted molar refractivity (Wildman–Crippen MR) is 76.9 cm³/mol. The Kier molecular flexibility index (Phi) is 3.56. The van der Waals surface area contributed by atoms with E-state index in [1.54, 1.807) is 4.90 Å². The number of hydrogen-bond donors (Lipinski definition) is 2. The van der Waals surface area contributed by atoms with Crippen LogP contribution < -0.4 is 0 Å². The summed E-state index contributed by atoms with van der Waals surface area (Å²) < 4.78 is 13.7. The van der Waals surface area contributed by atoms with Gasteiger partial charge in [-0.25, -0.2) is 9.37 Å². The summed E-state index contributed by atoms with van der Waals surface area (Å²) in [6.45, 7) is 2.51. The number of carbonyl (C=O) groups is 2. The zero-order valence-electron chi connectivity index (χ0n) is 12.0. The van der Waals surface area contributed by atoms with Gasteiger partial charge in [-0.05, 0) is 24.5 Å². The molecule has 1 aliphatic rings. The number of likely N-dealkylation sites (tertiary alicyclic amines) is 1. The van der Waals surface area contributed by atoms with Crippen molar-refractivity contribution in [3.63, 3.8) is 0 Å². The summed E-state index contributed by atoms with van der Waals surface area (Å²) in [5.41, 5.74) is 1.11. The number of hydrogen-bond acceptors (Lipinski definition) is 3. The van der Waals surface area contributed by atoms with E-state index in [2.05, 4.69) is 9.97 Å². The molecule has 2 heterocycles. The smallest absolute Gasteiger partial charge is 0.306 e. The number of nitrogens with one attached hydrogen (secondary N) is 1. The van der Waals surface area contributed by atoms with Gasteiger partial charge in [0.05, 0.1) is 23.3 Å². The molecule has 1 aromatic carbocycles. The first-order valence-corrected chi connectivity index (χ1v) is 7.12. The molecule has 2 aromatic rings. The molecule has 22 heavy (non-hydrogen) atoms. The third kappa shape index (κ3) is 2.43. The zero-order valence-corrected chi connectivity index (χ0v) is 12.0. The van der Waals surface area contributed by atoms with E-state index in [1.165, 1.54) is 18.5 Å². The number of aliphatic carboxylic acids is 1. The average Bonchev–Trinajstić information content (AvgIpc) is 2.93. The standard InChI is InChI=1S/C15H16FN3O3/c1-8-6-19(3-2-10(8)15(21)22)14(20)11-4-9(16)5-12-13(11)18-7-17-12/h4-5,7-8,10H,2-3,6H2,1H3,(H,17,18)(H,21,22). The van der Waals surface area contributed by atoms with Crippen molar-refractivity contribution < 1.29 is 19.1 Å². The van der Waals surface area contributed by atoms with Crippen LogP contribution in [-0.2, 0) is 4.79 Å². The summed E-state index contributed by atoms with van der Waals surface area (Å²) in [6, 6.07) is 2.47. The van der Waals surface area contributed by atoms with Gasteiger partial charge in [-0.2, -0.15) is 0 Å².